The molecule has 0 unspecified atom stereocenters. The first-order chi connectivity index (χ1) is 9.81. The van der Waals surface area contributed by atoms with E-state index >= 15 is 0 Å². The Hall–Kier alpha value is -1.51. The van der Waals surface area contributed by atoms with Gasteiger partial charge in [-0.2, -0.15) is 0 Å². The number of benzene rings is 1. The summed E-state index contributed by atoms with van der Waals surface area (Å²) in [4.78, 5) is 2.40. The molecule has 3 nitrogen and oxygen atoms in total. The van der Waals surface area contributed by atoms with Crippen LogP contribution in [0.15, 0.2) is 18.2 Å². The molecule has 0 aromatic heterocycles. The van der Waals surface area contributed by atoms with Crippen molar-refractivity contribution < 1.29 is 0 Å². The van der Waals surface area contributed by atoms with Gasteiger partial charge in [-0.25, -0.2) is 0 Å². The van der Waals surface area contributed by atoms with Gasteiger partial charge in [0.2, 0.25) is 0 Å². The van der Waals surface area contributed by atoms with Crippen LogP contribution >= 0.6 is 0 Å². The second kappa shape index (κ2) is 8.06. The van der Waals surface area contributed by atoms with Crippen LogP contribution in [0, 0.1) is 24.2 Å². The molecule has 0 saturated carbocycles. The van der Waals surface area contributed by atoms with Crippen LogP contribution in [-0.4, -0.2) is 18.9 Å². The van der Waals surface area contributed by atoms with Crippen molar-refractivity contribution in [2.45, 2.75) is 47.5 Å². The summed E-state index contributed by atoms with van der Waals surface area (Å²) in [5.41, 5.74) is 8.91. The summed E-state index contributed by atoms with van der Waals surface area (Å²) in [5.74, 6) is 1.52. The van der Waals surface area contributed by atoms with Crippen LogP contribution in [0.5, 0.6) is 0 Å². The lowest BCUT2D eigenvalue weighted by molar-refractivity contribution is 0.535. The Balaban J connectivity index is 3.02. The van der Waals surface area contributed by atoms with Gasteiger partial charge in [-0.15, -0.1) is 0 Å². The number of nitrogens with two attached hydrogens (primary N) is 1. The minimum atomic E-state index is 0.160. The topological polar surface area (TPSA) is 53.1 Å². The van der Waals surface area contributed by atoms with Crippen molar-refractivity contribution in [1.29, 1.82) is 5.41 Å². The Bertz CT molecular complexity index is 452. The first-order valence-corrected chi connectivity index (χ1v) is 8.01. The fourth-order valence-corrected chi connectivity index (χ4v) is 2.32. The van der Waals surface area contributed by atoms with E-state index in [-0.39, 0.29) is 5.84 Å². The molecule has 0 aliphatic carbocycles. The Labute approximate surface area is 130 Å². The molecule has 1 rings (SSSR count). The molecule has 0 bridgehead atoms. The van der Waals surface area contributed by atoms with Gasteiger partial charge in [-0.3, -0.25) is 5.41 Å². The Morgan fingerprint density at radius 3 is 2.05 bits per heavy atom. The van der Waals surface area contributed by atoms with E-state index in [9.17, 15) is 0 Å². The maximum absolute atomic E-state index is 7.85. The highest BCUT2D eigenvalue weighted by Crippen LogP contribution is 2.23. The third kappa shape index (κ3) is 5.78. The number of hydrogen-bond acceptors (Lipinski definition) is 2. The summed E-state index contributed by atoms with van der Waals surface area (Å²) in [6, 6.07) is 6.25. The average Bonchev–Trinajstić information content (AvgIpc) is 2.38. The molecule has 1 aromatic carbocycles. The highest BCUT2D eigenvalue weighted by molar-refractivity contribution is 6.00. The van der Waals surface area contributed by atoms with Crippen LogP contribution in [-0.2, 0) is 0 Å². The minimum Gasteiger partial charge on any atom is -0.384 e. The molecule has 3 heteroatoms. The number of rotatable bonds is 8. The molecule has 0 aliphatic rings. The molecule has 118 valence electrons. The van der Waals surface area contributed by atoms with Crippen molar-refractivity contribution in [3.05, 3.63) is 29.3 Å². The van der Waals surface area contributed by atoms with Crippen molar-refractivity contribution in [3.63, 3.8) is 0 Å². The van der Waals surface area contributed by atoms with E-state index in [4.69, 9.17) is 11.1 Å². The standard InChI is InChI=1S/C18H31N3/c1-13(2)8-10-21(11-9-14(3)4)17-7-6-15(5)12-16(17)18(19)20/h6-7,12-14H,8-11H2,1-5H3,(H3,19,20). The maximum Gasteiger partial charge on any atom is 0.124 e. The zero-order chi connectivity index (χ0) is 16.0. The zero-order valence-corrected chi connectivity index (χ0v) is 14.2. The van der Waals surface area contributed by atoms with Crippen molar-refractivity contribution in [3.8, 4) is 0 Å². The molecule has 1 aromatic rings. The fourth-order valence-electron chi connectivity index (χ4n) is 2.32. The minimum absolute atomic E-state index is 0.160. The SMILES string of the molecule is Cc1ccc(N(CCC(C)C)CCC(C)C)c(C(=N)N)c1. The lowest BCUT2D eigenvalue weighted by atomic mass is 10.0. The Morgan fingerprint density at radius 1 is 1.10 bits per heavy atom. The van der Waals surface area contributed by atoms with Gasteiger partial charge in [-0.05, 0) is 43.7 Å². The smallest absolute Gasteiger partial charge is 0.124 e. The highest BCUT2D eigenvalue weighted by atomic mass is 15.1. The fraction of sp³-hybridized carbons (Fsp3) is 0.611. The summed E-state index contributed by atoms with van der Waals surface area (Å²) < 4.78 is 0. The van der Waals surface area contributed by atoms with E-state index in [2.05, 4.69) is 44.7 Å². The molecule has 0 amide bonds. The predicted molar refractivity (Wildman–Crippen MR) is 93.3 cm³/mol. The molecular weight excluding hydrogens is 258 g/mol. The Kier molecular flexibility index (Phi) is 6.73. The molecule has 0 aliphatic heterocycles. The van der Waals surface area contributed by atoms with Gasteiger partial charge in [0.05, 0.1) is 0 Å². The van der Waals surface area contributed by atoms with Crippen molar-refractivity contribution in [2.24, 2.45) is 17.6 Å². The molecule has 21 heavy (non-hydrogen) atoms. The van der Waals surface area contributed by atoms with Crippen LogP contribution in [0.4, 0.5) is 5.69 Å². The highest BCUT2D eigenvalue weighted by Gasteiger charge is 2.14. The van der Waals surface area contributed by atoms with Gasteiger partial charge in [-0.1, -0.05) is 39.3 Å². The normalized spacial score (nSPS) is 11.2. The molecule has 0 radical (unpaired) electrons. The number of nitrogen functional groups attached to an aromatic ring is 1. The van der Waals surface area contributed by atoms with Gasteiger partial charge in [0.1, 0.15) is 5.84 Å². The number of aryl methyl sites for hydroxylation is 1. The van der Waals surface area contributed by atoms with Gasteiger partial charge < -0.3 is 10.6 Å². The molecule has 0 saturated heterocycles. The van der Waals surface area contributed by atoms with E-state index in [1.165, 1.54) is 0 Å². The number of nitrogens with one attached hydrogen (secondary N) is 1. The molecule has 0 heterocycles. The third-order valence-corrected chi connectivity index (χ3v) is 3.74. The molecule has 0 spiro atoms. The van der Waals surface area contributed by atoms with Crippen LogP contribution < -0.4 is 10.6 Å². The number of amidine groups is 1. The van der Waals surface area contributed by atoms with Crippen molar-refractivity contribution in [1.82, 2.24) is 0 Å². The summed E-state index contributed by atoms with van der Waals surface area (Å²) >= 11 is 0. The molecular formula is C18H31N3. The van der Waals surface area contributed by atoms with Crippen molar-refractivity contribution in [2.75, 3.05) is 18.0 Å². The van der Waals surface area contributed by atoms with Crippen LogP contribution in [0.25, 0.3) is 0 Å². The average molecular weight is 289 g/mol. The van der Waals surface area contributed by atoms with Crippen molar-refractivity contribution >= 4 is 11.5 Å². The maximum atomic E-state index is 7.85. The van der Waals surface area contributed by atoms with Gasteiger partial charge in [0.15, 0.2) is 0 Å². The van der Waals surface area contributed by atoms with Crippen LogP contribution in [0.3, 0.4) is 0 Å². The molecule has 0 atom stereocenters. The van der Waals surface area contributed by atoms with E-state index in [0.717, 1.165) is 42.7 Å². The molecule has 3 N–H and O–H groups in total. The van der Waals surface area contributed by atoms with Gasteiger partial charge >= 0.3 is 0 Å². The van der Waals surface area contributed by atoms with Crippen LogP contribution in [0.2, 0.25) is 0 Å². The number of nitrogens with zero attached hydrogens (tertiary/aromatic N) is 1. The van der Waals surface area contributed by atoms with E-state index < -0.39 is 0 Å². The molecule has 0 fully saturated rings. The van der Waals surface area contributed by atoms with Gasteiger partial charge in [0, 0.05) is 24.3 Å². The quantitative estimate of drug-likeness (QED) is 0.557. The van der Waals surface area contributed by atoms with E-state index in [1.54, 1.807) is 0 Å². The summed E-state index contributed by atoms with van der Waals surface area (Å²) in [6.45, 7) is 13.1. The lowest BCUT2D eigenvalue weighted by Crippen LogP contribution is -2.30. The first kappa shape index (κ1) is 17.5. The van der Waals surface area contributed by atoms with Gasteiger partial charge in [0.25, 0.3) is 0 Å². The lowest BCUT2D eigenvalue weighted by Gasteiger charge is -2.28. The van der Waals surface area contributed by atoms with E-state index in [1.807, 2.05) is 13.0 Å². The third-order valence-electron chi connectivity index (χ3n) is 3.74. The van der Waals surface area contributed by atoms with Crippen LogP contribution in [0.1, 0.15) is 51.7 Å². The second-order valence-electron chi connectivity index (χ2n) is 6.79. The first-order valence-electron chi connectivity index (χ1n) is 8.01. The summed E-state index contributed by atoms with van der Waals surface area (Å²) in [5, 5.41) is 7.85. The number of anilines is 1. The monoisotopic (exact) mass is 289 g/mol. The summed E-state index contributed by atoms with van der Waals surface area (Å²) in [7, 11) is 0. The van der Waals surface area contributed by atoms with E-state index in [0.29, 0.717) is 11.8 Å². The zero-order valence-electron chi connectivity index (χ0n) is 14.2. The Morgan fingerprint density at radius 2 is 1.62 bits per heavy atom. The largest absolute Gasteiger partial charge is 0.384 e. The predicted octanol–water partition coefficient (Wildman–Crippen LogP) is 4.18. The second-order valence-corrected chi connectivity index (χ2v) is 6.79. The number of hydrogen-bond donors (Lipinski definition) is 2. The summed E-state index contributed by atoms with van der Waals surface area (Å²) in [6.07, 6.45) is 2.31.